The number of carbonyl (C=O) groups excluding carboxylic acids is 1. The standard InChI is InChI=1S/C21H20FN5O2S/c1-30-9-8-18(20-25-16-4-2-3-5-17(16)26-20)24-19(28)11-27-12-23-15-7-6-13(22)10-14(15)21(27)29/h2-7,10,12,18H,8-9,11H2,1H3,(H,24,28)(H,25,26)/t18-/m1/s1. The Morgan fingerprint density at radius 1 is 1.27 bits per heavy atom. The van der Waals surface area contributed by atoms with Gasteiger partial charge in [-0.05, 0) is 48.8 Å². The highest BCUT2D eigenvalue weighted by Crippen LogP contribution is 2.20. The molecule has 0 aliphatic heterocycles. The Hall–Kier alpha value is -3.20. The molecular formula is C21H20FN5O2S. The van der Waals surface area contributed by atoms with Gasteiger partial charge in [0.25, 0.3) is 5.56 Å². The molecule has 0 aliphatic carbocycles. The van der Waals surface area contributed by atoms with E-state index in [4.69, 9.17) is 0 Å². The van der Waals surface area contributed by atoms with Gasteiger partial charge in [0.1, 0.15) is 18.2 Å². The highest BCUT2D eigenvalue weighted by molar-refractivity contribution is 7.98. The molecule has 1 amide bonds. The van der Waals surface area contributed by atoms with Crippen molar-refractivity contribution in [2.24, 2.45) is 0 Å². The first-order valence-corrected chi connectivity index (χ1v) is 10.8. The molecule has 30 heavy (non-hydrogen) atoms. The Bertz CT molecular complexity index is 1240. The average Bonchev–Trinajstić information content (AvgIpc) is 3.17. The first-order valence-electron chi connectivity index (χ1n) is 9.43. The Labute approximate surface area is 175 Å². The van der Waals surface area contributed by atoms with Gasteiger partial charge in [-0.1, -0.05) is 12.1 Å². The minimum Gasteiger partial charge on any atom is -0.345 e. The molecule has 2 N–H and O–H groups in total. The van der Waals surface area contributed by atoms with Crippen molar-refractivity contribution in [1.29, 1.82) is 0 Å². The molecule has 1 atom stereocenters. The average molecular weight is 425 g/mol. The Morgan fingerprint density at radius 2 is 2.10 bits per heavy atom. The SMILES string of the molecule is CSCC[C@@H](NC(=O)Cn1cnc2ccc(F)cc2c1=O)c1nc2ccccc2[nH]1. The molecule has 2 aromatic carbocycles. The van der Waals surface area contributed by atoms with Crippen molar-refractivity contribution in [2.45, 2.75) is 19.0 Å². The molecule has 7 nitrogen and oxygen atoms in total. The topological polar surface area (TPSA) is 92.7 Å². The first-order chi connectivity index (χ1) is 14.5. The molecule has 0 bridgehead atoms. The summed E-state index contributed by atoms with van der Waals surface area (Å²) in [6.07, 6.45) is 3.99. The number of fused-ring (bicyclic) bond motifs is 2. The zero-order valence-electron chi connectivity index (χ0n) is 16.3. The van der Waals surface area contributed by atoms with Crippen LogP contribution in [0.25, 0.3) is 21.9 Å². The fourth-order valence-electron chi connectivity index (χ4n) is 3.29. The maximum atomic E-state index is 13.5. The van der Waals surface area contributed by atoms with E-state index < -0.39 is 11.4 Å². The molecule has 0 aliphatic rings. The summed E-state index contributed by atoms with van der Waals surface area (Å²) < 4.78 is 14.7. The highest BCUT2D eigenvalue weighted by atomic mass is 32.2. The van der Waals surface area contributed by atoms with Crippen LogP contribution in [-0.2, 0) is 11.3 Å². The van der Waals surface area contributed by atoms with E-state index in [-0.39, 0.29) is 23.9 Å². The smallest absolute Gasteiger partial charge is 0.261 e. The van der Waals surface area contributed by atoms with Gasteiger partial charge in [0.15, 0.2) is 0 Å². The van der Waals surface area contributed by atoms with Gasteiger partial charge >= 0.3 is 0 Å². The summed E-state index contributed by atoms with van der Waals surface area (Å²) in [7, 11) is 0. The number of halogens is 1. The third-order valence-corrected chi connectivity index (χ3v) is 5.43. The van der Waals surface area contributed by atoms with Crippen LogP contribution >= 0.6 is 11.8 Å². The largest absolute Gasteiger partial charge is 0.345 e. The predicted molar refractivity (Wildman–Crippen MR) is 116 cm³/mol. The molecule has 2 aromatic heterocycles. The van der Waals surface area contributed by atoms with E-state index in [0.29, 0.717) is 17.8 Å². The van der Waals surface area contributed by atoms with Crippen molar-refractivity contribution in [2.75, 3.05) is 12.0 Å². The Kier molecular flexibility index (Phi) is 5.80. The molecule has 9 heteroatoms. The van der Waals surface area contributed by atoms with Gasteiger partial charge in [-0.2, -0.15) is 11.8 Å². The van der Waals surface area contributed by atoms with E-state index in [0.717, 1.165) is 22.9 Å². The Morgan fingerprint density at radius 3 is 2.90 bits per heavy atom. The second-order valence-corrected chi connectivity index (χ2v) is 7.87. The van der Waals surface area contributed by atoms with Crippen LogP contribution in [0.15, 0.2) is 53.6 Å². The summed E-state index contributed by atoms with van der Waals surface area (Å²) in [5.74, 6) is 0.634. The number of hydrogen-bond acceptors (Lipinski definition) is 5. The first kappa shape index (κ1) is 20.1. The van der Waals surface area contributed by atoms with Crippen LogP contribution in [0.2, 0.25) is 0 Å². The van der Waals surface area contributed by atoms with Gasteiger partial charge in [0, 0.05) is 0 Å². The molecule has 154 valence electrons. The molecule has 0 saturated heterocycles. The maximum absolute atomic E-state index is 13.5. The zero-order valence-corrected chi connectivity index (χ0v) is 17.1. The van der Waals surface area contributed by atoms with Gasteiger partial charge in [-0.3, -0.25) is 14.2 Å². The highest BCUT2D eigenvalue weighted by Gasteiger charge is 2.19. The Balaban J connectivity index is 1.56. The predicted octanol–water partition coefficient (Wildman–Crippen LogP) is 3.02. The van der Waals surface area contributed by atoms with Crippen molar-refractivity contribution in [1.82, 2.24) is 24.8 Å². The monoisotopic (exact) mass is 425 g/mol. The van der Waals surface area contributed by atoms with Crippen molar-refractivity contribution in [3.05, 3.63) is 70.8 Å². The summed E-state index contributed by atoms with van der Waals surface area (Å²) in [6, 6.07) is 11.2. The lowest BCUT2D eigenvalue weighted by molar-refractivity contribution is -0.122. The summed E-state index contributed by atoms with van der Waals surface area (Å²) >= 11 is 1.67. The van der Waals surface area contributed by atoms with Crippen molar-refractivity contribution >= 4 is 39.6 Å². The minimum atomic E-state index is -0.523. The van der Waals surface area contributed by atoms with Crippen LogP contribution in [0.3, 0.4) is 0 Å². The second-order valence-electron chi connectivity index (χ2n) is 6.88. The lowest BCUT2D eigenvalue weighted by Gasteiger charge is -2.17. The van der Waals surface area contributed by atoms with Crippen molar-refractivity contribution < 1.29 is 9.18 Å². The summed E-state index contributed by atoms with van der Waals surface area (Å²) in [6.45, 7) is -0.214. The number of hydrogen-bond donors (Lipinski definition) is 2. The summed E-state index contributed by atoms with van der Waals surface area (Å²) in [5, 5.41) is 3.10. The van der Waals surface area contributed by atoms with Crippen LogP contribution < -0.4 is 10.9 Å². The molecule has 0 unspecified atom stereocenters. The normalized spacial score (nSPS) is 12.3. The number of benzene rings is 2. The number of rotatable bonds is 7. The molecule has 4 aromatic rings. The number of carbonyl (C=O) groups is 1. The molecule has 0 fully saturated rings. The number of thioether (sulfide) groups is 1. The van der Waals surface area contributed by atoms with Crippen LogP contribution in [0.5, 0.6) is 0 Å². The number of para-hydroxylation sites is 2. The fraction of sp³-hybridized carbons (Fsp3) is 0.238. The molecular weight excluding hydrogens is 405 g/mol. The van der Waals surface area contributed by atoms with Crippen LogP contribution in [0, 0.1) is 5.82 Å². The van der Waals surface area contributed by atoms with Crippen LogP contribution in [0.4, 0.5) is 4.39 Å². The fourth-order valence-corrected chi connectivity index (χ4v) is 3.76. The number of H-pyrrole nitrogens is 1. The number of aromatic amines is 1. The second kappa shape index (κ2) is 8.66. The molecule has 4 rings (SSSR count). The number of nitrogens with zero attached hydrogens (tertiary/aromatic N) is 3. The van der Waals surface area contributed by atoms with E-state index in [1.165, 1.54) is 23.0 Å². The van der Waals surface area contributed by atoms with Crippen LogP contribution in [-0.4, -0.2) is 37.4 Å². The number of nitrogens with one attached hydrogen (secondary N) is 2. The third-order valence-electron chi connectivity index (χ3n) is 4.78. The van der Waals surface area contributed by atoms with Gasteiger partial charge in [-0.15, -0.1) is 0 Å². The lowest BCUT2D eigenvalue weighted by Crippen LogP contribution is -2.35. The number of amides is 1. The zero-order chi connectivity index (χ0) is 21.1. The van der Waals surface area contributed by atoms with E-state index in [2.05, 4.69) is 20.3 Å². The quantitative estimate of drug-likeness (QED) is 0.475. The van der Waals surface area contributed by atoms with Gasteiger partial charge < -0.3 is 10.3 Å². The maximum Gasteiger partial charge on any atom is 0.261 e. The van der Waals surface area contributed by atoms with Gasteiger partial charge in [0.05, 0.1) is 34.3 Å². The van der Waals surface area contributed by atoms with E-state index in [1.807, 2.05) is 30.5 Å². The van der Waals surface area contributed by atoms with Crippen molar-refractivity contribution in [3.63, 3.8) is 0 Å². The molecule has 0 saturated carbocycles. The van der Waals surface area contributed by atoms with Crippen LogP contribution in [0.1, 0.15) is 18.3 Å². The summed E-state index contributed by atoms with van der Waals surface area (Å²) in [4.78, 5) is 37.3. The number of aromatic nitrogens is 4. The summed E-state index contributed by atoms with van der Waals surface area (Å²) in [5.41, 5.74) is 1.65. The molecule has 0 spiro atoms. The lowest BCUT2D eigenvalue weighted by atomic mass is 10.2. The minimum absolute atomic E-state index is 0.140. The van der Waals surface area contributed by atoms with Gasteiger partial charge in [-0.25, -0.2) is 14.4 Å². The van der Waals surface area contributed by atoms with Gasteiger partial charge in [0.2, 0.25) is 5.91 Å². The molecule has 0 radical (unpaired) electrons. The van der Waals surface area contributed by atoms with E-state index in [1.54, 1.807) is 11.8 Å². The number of imidazole rings is 1. The third kappa shape index (κ3) is 4.20. The van der Waals surface area contributed by atoms with Crippen molar-refractivity contribution in [3.8, 4) is 0 Å². The van der Waals surface area contributed by atoms with E-state index in [9.17, 15) is 14.0 Å². The van der Waals surface area contributed by atoms with E-state index >= 15 is 0 Å². The molecule has 2 heterocycles.